The number of benzene rings is 3. The Morgan fingerprint density at radius 1 is 1.19 bits per heavy atom. The fourth-order valence-electron chi connectivity index (χ4n) is 3.16. The van der Waals surface area contributed by atoms with Crippen molar-refractivity contribution in [2.75, 3.05) is 11.9 Å². The summed E-state index contributed by atoms with van der Waals surface area (Å²) in [6, 6.07) is 22.7. The molecule has 32 heavy (non-hydrogen) atoms. The second-order valence-electron chi connectivity index (χ2n) is 7.17. The minimum atomic E-state index is -0.251. The summed E-state index contributed by atoms with van der Waals surface area (Å²) in [6.45, 7) is 1.89. The number of nitriles is 1. The molecule has 0 fully saturated rings. The molecule has 0 aliphatic carbocycles. The van der Waals surface area contributed by atoms with E-state index in [9.17, 15) is 10.1 Å². The Bertz CT molecular complexity index is 1350. The maximum absolute atomic E-state index is 12.1. The molecule has 0 saturated heterocycles. The first-order valence-electron chi connectivity index (χ1n) is 9.87. The second kappa shape index (κ2) is 9.50. The zero-order valence-corrected chi connectivity index (χ0v) is 18.8. The van der Waals surface area contributed by atoms with Crippen molar-refractivity contribution in [1.29, 1.82) is 5.26 Å². The average Bonchev–Trinajstić information content (AvgIpc) is 3.20. The number of aromatic nitrogens is 2. The molecule has 4 rings (SSSR count). The summed E-state index contributed by atoms with van der Waals surface area (Å²) >= 11 is 3.48. The van der Waals surface area contributed by atoms with E-state index in [4.69, 9.17) is 4.74 Å². The van der Waals surface area contributed by atoms with E-state index < -0.39 is 0 Å². The van der Waals surface area contributed by atoms with Crippen molar-refractivity contribution < 1.29 is 9.53 Å². The van der Waals surface area contributed by atoms with Gasteiger partial charge in [0.15, 0.2) is 6.61 Å². The minimum absolute atomic E-state index is 0.121. The van der Waals surface area contributed by atoms with Crippen LogP contribution in [0.25, 0.3) is 22.7 Å². The predicted molar refractivity (Wildman–Crippen MR) is 129 cm³/mol. The standard InChI is InChI=1S/C25H19BrN4O2/c1-16-7-9-21-22(11-16)30-25(29-21)18(14-27)12-17-8-10-23(20(26)13-17)32-15-24(31)28-19-5-3-2-4-6-19/h2-13H,15H2,1H3,(H,28,31)(H,29,30)/b18-12-. The lowest BCUT2D eigenvalue weighted by molar-refractivity contribution is -0.118. The molecule has 0 aliphatic heterocycles. The molecule has 4 aromatic rings. The van der Waals surface area contributed by atoms with Crippen LogP contribution < -0.4 is 10.1 Å². The first kappa shape index (κ1) is 21.3. The van der Waals surface area contributed by atoms with E-state index >= 15 is 0 Å². The fraction of sp³-hybridized carbons (Fsp3) is 0.0800. The zero-order valence-electron chi connectivity index (χ0n) is 17.2. The summed E-state index contributed by atoms with van der Waals surface area (Å²) in [5.74, 6) is 0.796. The molecule has 3 aromatic carbocycles. The van der Waals surface area contributed by atoms with Gasteiger partial charge in [-0.05, 0) is 76.5 Å². The lowest BCUT2D eigenvalue weighted by atomic mass is 10.1. The second-order valence-corrected chi connectivity index (χ2v) is 8.02. The first-order valence-corrected chi connectivity index (χ1v) is 10.7. The van der Waals surface area contributed by atoms with Gasteiger partial charge in [0.25, 0.3) is 5.91 Å². The number of rotatable bonds is 6. The van der Waals surface area contributed by atoms with E-state index in [0.717, 1.165) is 22.2 Å². The molecule has 0 spiro atoms. The number of allylic oxidation sites excluding steroid dienone is 1. The number of halogens is 1. The van der Waals surface area contributed by atoms with Crippen molar-refractivity contribution in [3.8, 4) is 11.8 Å². The van der Waals surface area contributed by atoms with Gasteiger partial charge >= 0.3 is 0 Å². The Hall–Kier alpha value is -3.89. The van der Waals surface area contributed by atoms with Crippen LogP contribution in [0.2, 0.25) is 0 Å². The van der Waals surface area contributed by atoms with E-state index in [1.165, 1.54) is 0 Å². The molecule has 0 aliphatic rings. The third-order valence-electron chi connectivity index (χ3n) is 4.70. The van der Waals surface area contributed by atoms with Crippen LogP contribution in [0.5, 0.6) is 5.75 Å². The number of hydrogen-bond acceptors (Lipinski definition) is 4. The van der Waals surface area contributed by atoms with Gasteiger partial charge in [-0.25, -0.2) is 4.98 Å². The highest BCUT2D eigenvalue weighted by molar-refractivity contribution is 9.10. The van der Waals surface area contributed by atoms with Gasteiger partial charge in [-0.2, -0.15) is 5.26 Å². The number of nitrogens with zero attached hydrogens (tertiary/aromatic N) is 2. The van der Waals surface area contributed by atoms with E-state index in [1.54, 1.807) is 12.1 Å². The molecule has 158 valence electrons. The van der Waals surface area contributed by atoms with Crippen molar-refractivity contribution in [2.45, 2.75) is 6.92 Å². The summed E-state index contributed by atoms with van der Waals surface area (Å²) in [6.07, 6.45) is 1.75. The number of fused-ring (bicyclic) bond motifs is 1. The molecule has 0 unspecified atom stereocenters. The maximum atomic E-state index is 12.1. The van der Waals surface area contributed by atoms with Gasteiger partial charge in [0, 0.05) is 5.69 Å². The molecule has 1 heterocycles. The topological polar surface area (TPSA) is 90.8 Å². The van der Waals surface area contributed by atoms with E-state index in [1.807, 2.05) is 67.6 Å². The Morgan fingerprint density at radius 2 is 2.00 bits per heavy atom. The van der Waals surface area contributed by atoms with Crippen LogP contribution in [0.1, 0.15) is 17.0 Å². The first-order chi connectivity index (χ1) is 15.5. The van der Waals surface area contributed by atoms with Crippen LogP contribution in [0.3, 0.4) is 0 Å². The molecule has 0 radical (unpaired) electrons. The summed E-state index contributed by atoms with van der Waals surface area (Å²) in [7, 11) is 0. The number of carbonyl (C=O) groups excluding carboxylic acids is 1. The number of nitrogens with one attached hydrogen (secondary N) is 2. The van der Waals surface area contributed by atoms with Crippen molar-refractivity contribution in [1.82, 2.24) is 9.97 Å². The Kier molecular flexibility index (Phi) is 6.34. The van der Waals surface area contributed by atoms with Gasteiger partial charge < -0.3 is 15.0 Å². The molecular weight excluding hydrogens is 468 g/mol. The van der Waals surface area contributed by atoms with Crippen LogP contribution >= 0.6 is 15.9 Å². The smallest absolute Gasteiger partial charge is 0.262 e. The SMILES string of the molecule is Cc1ccc2nc(/C(C#N)=C\c3ccc(OCC(=O)Nc4ccccc4)c(Br)c3)[nH]c2c1. The van der Waals surface area contributed by atoms with Gasteiger partial charge in [0.05, 0.1) is 21.1 Å². The van der Waals surface area contributed by atoms with Crippen LogP contribution in [-0.4, -0.2) is 22.5 Å². The molecule has 0 saturated carbocycles. The fourth-order valence-corrected chi connectivity index (χ4v) is 3.67. The number of aryl methyl sites for hydroxylation is 1. The summed E-state index contributed by atoms with van der Waals surface area (Å²) in [4.78, 5) is 19.8. The van der Waals surface area contributed by atoms with Crippen molar-refractivity contribution >= 4 is 50.2 Å². The molecule has 7 heteroatoms. The molecule has 1 amide bonds. The summed E-state index contributed by atoms with van der Waals surface area (Å²) < 4.78 is 6.31. The number of aromatic amines is 1. The highest BCUT2D eigenvalue weighted by Crippen LogP contribution is 2.28. The highest BCUT2D eigenvalue weighted by Gasteiger charge is 2.10. The number of para-hydroxylation sites is 1. The lowest BCUT2D eigenvalue weighted by Crippen LogP contribution is -2.20. The number of amides is 1. The third-order valence-corrected chi connectivity index (χ3v) is 5.32. The van der Waals surface area contributed by atoms with Gasteiger partial charge in [0.1, 0.15) is 17.6 Å². The van der Waals surface area contributed by atoms with Gasteiger partial charge in [-0.3, -0.25) is 4.79 Å². The average molecular weight is 487 g/mol. The molecule has 2 N–H and O–H groups in total. The molecule has 1 aromatic heterocycles. The van der Waals surface area contributed by atoms with Crippen LogP contribution in [-0.2, 0) is 4.79 Å². The Balaban J connectivity index is 1.47. The molecule has 0 bridgehead atoms. The monoisotopic (exact) mass is 486 g/mol. The van der Waals surface area contributed by atoms with Crippen molar-refractivity contribution in [3.63, 3.8) is 0 Å². The maximum Gasteiger partial charge on any atom is 0.262 e. The van der Waals surface area contributed by atoms with Crippen LogP contribution in [0, 0.1) is 18.3 Å². The highest BCUT2D eigenvalue weighted by atomic mass is 79.9. The Morgan fingerprint density at radius 3 is 2.75 bits per heavy atom. The van der Waals surface area contributed by atoms with Gasteiger partial charge in [-0.1, -0.05) is 30.3 Å². The normalized spacial score (nSPS) is 11.2. The van der Waals surface area contributed by atoms with E-state index in [2.05, 4.69) is 37.3 Å². The molecule has 0 atom stereocenters. The minimum Gasteiger partial charge on any atom is -0.483 e. The third kappa shape index (κ3) is 5.05. The Labute approximate surface area is 193 Å². The van der Waals surface area contributed by atoms with Gasteiger partial charge in [0.2, 0.25) is 0 Å². The number of imidazole rings is 1. The summed E-state index contributed by atoms with van der Waals surface area (Å²) in [5.41, 5.74) is 4.75. The van der Waals surface area contributed by atoms with Crippen molar-refractivity contribution in [3.05, 3.63) is 88.2 Å². The van der Waals surface area contributed by atoms with Crippen molar-refractivity contribution in [2.24, 2.45) is 0 Å². The van der Waals surface area contributed by atoms with E-state index in [0.29, 0.717) is 27.3 Å². The number of ether oxygens (including phenoxy) is 1. The lowest BCUT2D eigenvalue weighted by Gasteiger charge is -2.09. The number of hydrogen-bond donors (Lipinski definition) is 2. The molecule has 6 nitrogen and oxygen atoms in total. The zero-order chi connectivity index (χ0) is 22.5. The predicted octanol–water partition coefficient (Wildman–Crippen LogP) is 5.72. The number of H-pyrrole nitrogens is 1. The van der Waals surface area contributed by atoms with Crippen LogP contribution in [0.15, 0.2) is 71.2 Å². The van der Waals surface area contributed by atoms with Crippen LogP contribution in [0.4, 0.5) is 5.69 Å². The quantitative estimate of drug-likeness (QED) is 0.341. The number of anilines is 1. The number of carbonyl (C=O) groups is 1. The van der Waals surface area contributed by atoms with E-state index in [-0.39, 0.29) is 12.5 Å². The summed E-state index contributed by atoms with van der Waals surface area (Å²) in [5, 5.41) is 12.4. The van der Waals surface area contributed by atoms with Gasteiger partial charge in [-0.15, -0.1) is 0 Å². The molecular formula is C25H19BrN4O2. The largest absolute Gasteiger partial charge is 0.483 e.